The third-order valence-electron chi connectivity index (χ3n) is 5.07. The fourth-order valence-electron chi connectivity index (χ4n) is 3.65. The van der Waals surface area contributed by atoms with Gasteiger partial charge in [0.25, 0.3) is 0 Å². The summed E-state index contributed by atoms with van der Waals surface area (Å²) in [6, 6.07) is 7.77. The van der Waals surface area contributed by atoms with Crippen LogP contribution in [0.15, 0.2) is 24.3 Å². The van der Waals surface area contributed by atoms with Crippen LogP contribution in [-0.2, 0) is 9.59 Å². The summed E-state index contributed by atoms with van der Waals surface area (Å²) >= 11 is 0. The third kappa shape index (κ3) is 2.98. The number of hydrogen-bond donors (Lipinski definition) is 1. The third-order valence-corrected chi connectivity index (χ3v) is 5.07. The van der Waals surface area contributed by atoms with Gasteiger partial charge in [0.1, 0.15) is 0 Å². The number of amides is 2. The molecule has 0 radical (unpaired) electrons. The molecule has 3 rings (SSSR count). The molecule has 5 nitrogen and oxygen atoms in total. The van der Waals surface area contributed by atoms with Gasteiger partial charge in [-0.2, -0.15) is 0 Å². The number of benzene rings is 1. The van der Waals surface area contributed by atoms with Crippen molar-refractivity contribution in [3.05, 3.63) is 29.8 Å². The quantitative estimate of drug-likeness (QED) is 0.803. The van der Waals surface area contributed by atoms with Crippen molar-refractivity contribution in [1.29, 1.82) is 0 Å². The molecule has 3 unspecified atom stereocenters. The average molecular weight is 316 g/mol. The van der Waals surface area contributed by atoms with Crippen molar-refractivity contribution >= 4 is 17.5 Å². The molecule has 124 valence electrons. The van der Waals surface area contributed by atoms with Crippen molar-refractivity contribution in [3.8, 4) is 0 Å². The molecule has 0 bridgehead atoms. The summed E-state index contributed by atoms with van der Waals surface area (Å²) in [7, 11) is 0. The number of carbonyl (C=O) groups excluding carboxylic acids is 2. The van der Waals surface area contributed by atoms with Gasteiger partial charge in [-0.3, -0.25) is 9.59 Å². The summed E-state index contributed by atoms with van der Waals surface area (Å²) in [4.78, 5) is 28.5. The molecule has 0 aliphatic carbocycles. The Morgan fingerprint density at radius 3 is 2.70 bits per heavy atom. The first-order valence-electron chi connectivity index (χ1n) is 8.36. The highest BCUT2D eigenvalue weighted by molar-refractivity contribution is 6.40. The van der Waals surface area contributed by atoms with E-state index in [-0.39, 0.29) is 11.8 Å². The second-order valence-corrected chi connectivity index (χ2v) is 6.77. The summed E-state index contributed by atoms with van der Waals surface area (Å²) < 4.78 is 0. The molecule has 2 aliphatic heterocycles. The van der Waals surface area contributed by atoms with E-state index in [1.165, 1.54) is 0 Å². The topological polar surface area (TPSA) is 60.9 Å². The SMILES string of the molecule is CC1CN(C(=O)C(=O)N2CCCC(C(C)O)C2)c2ccccc21. The minimum Gasteiger partial charge on any atom is -0.393 e. The highest BCUT2D eigenvalue weighted by atomic mass is 16.3. The summed E-state index contributed by atoms with van der Waals surface area (Å²) in [6.07, 6.45) is 1.29. The predicted molar refractivity (Wildman–Crippen MR) is 88.2 cm³/mol. The largest absolute Gasteiger partial charge is 0.393 e. The molecule has 0 spiro atoms. The van der Waals surface area contributed by atoms with E-state index >= 15 is 0 Å². The maximum absolute atomic E-state index is 12.7. The van der Waals surface area contributed by atoms with Crippen LogP contribution in [0.5, 0.6) is 0 Å². The van der Waals surface area contributed by atoms with Gasteiger partial charge in [-0.1, -0.05) is 25.1 Å². The van der Waals surface area contributed by atoms with Gasteiger partial charge in [-0.05, 0) is 31.4 Å². The smallest absolute Gasteiger partial charge is 0.316 e. The lowest BCUT2D eigenvalue weighted by Crippen LogP contribution is -2.49. The number of hydrogen-bond acceptors (Lipinski definition) is 3. The number of fused-ring (bicyclic) bond motifs is 1. The van der Waals surface area contributed by atoms with Crippen molar-refractivity contribution in [3.63, 3.8) is 0 Å². The van der Waals surface area contributed by atoms with Crippen LogP contribution in [0.2, 0.25) is 0 Å². The van der Waals surface area contributed by atoms with Crippen molar-refractivity contribution in [1.82, 2.24) is 4.90 Å². The van der Waals surface area contributed by atoms with Crippen LogP contribution in [-0.4, -0.2) is 47.6 Å². The number of nitrogens with zero attached hydrogens (tertiary/aromatic N) is 2. The molecule has 2 amide bonds. The molecule has 0 aromatic heterocycles. The number of piperidine rings is 1. The Hall–Kier alpha value is -1.88. The van der Waals surface area contributed by atoms with Crippen LogP contribution >= 0.6 is 0 Å². The minimum absolute atomic E-state index is 0.0605. The first kappa shape index (κ1) is 16.0. The number of anilines is 1. The van der Waals surface area contributed by atoms with Crippen LogP contribution in [0, 0.1) is 5.92 Å². The summed E-state index contributed by atoms with van der Waals surface area (Å²) in [5.41, 5.74) is 1.97. The molecule has 5 heteroatoms. The van der Waals surface area contributed by atoms with Gasteiger partial charge in [0, 0.05) is 37.2 Å². The van der Waals surface area contributed by atoms with Gasteiger partial charge >= 0.3 is 11.8 Å². The van der Waals surface area contributed by atoms with Gasteiger partial charge in [0.2, 0.25) is 0 Å². The van der Waals surface area contributed by atoms with E-state index in [1.807, 2.05) is 24.3 Å². The maximum atomic E-state index is 12.7. The van der Waals surface area contributed by atoms with Crippen LogP contribution in [0.4, 0.5) is 5.69 Å². The number of likely N-dealkylation sites (tertiary alicyclic amines) is 1. The average Bonchev–Trinajstić information content (AvgIpc) is 2.91. The van der Waals surface area contributed by atoms with E-state index in [0.29, 0.717) is 19.6 Å². The molecule has 1 N–H and O–H groups in total. The van der Waals surface area contributed by atoms with Crippen molar-refractivity contribution in [2.75, 3.05) is 24.5 Å². The number of para-hydroxylation sites is 1. The van der Waals surface area contributed by atoms with Crippen molar-refractivity contribution < 1.29 is 14.7 Å². The summed E-state index contributed by atoms with van der Waals surface area (Å²) in [6.45, 7) is 5.43. The molecule has 3 atom stereocenters. The zero-order chi connectivity index (χ0) is 16.6. The highest BCUT2D eigenvalue weighted by Crippen LogP contribution is 2.35. The fraction of sp³-hybridized carbons (Fsp3) is 0.556. The molecule has 1 fully saturated rings. The Labute approximate surface area is 136 Å². The minimum atomic E-state index is -0.451. The molecular weight excluding hydrogens is 292 g/mol. The molecule has 23 heavy (non-hydrogen) atoms. The van der Waals surface area contributed by atoms with Crippen LogP contribution in [0.25, 0.3) is 0 Å². The molecular formula is C18H24N2O3. The zero-order valence-electron chi connectivity index (χ0n) is 13.7. The first-order chi connectivity index (χ1) is 11.0. The lowest BCUT2D eigenvalue weighted by molar-refractivity contribution is -0.146. The zero-order valence-corrected chi connectivity index (χ0v) is 13.7. The van der Waals surface area contributed by atoms with Crippen molar-refractivity contribution in [2.24, 2.45) is 5.92 Å². The molecule has 1 aromatic rings. The van der Waals surface area contributed by atoms with Crippen LogP contribution in [0.3, 0.4) is 0 Å². The summed E-state index contributed by atoms with van der Waals surface area (Å²) in [5, 5.41) is 9.76. The van der Waals surface area contributed by atoms with E-state index in [1.54, 1.807) is 16.7 Å². The summed E-state index contributed by atoms with van der Waals surface area (Å²) in [5.74, 6) is -0.591. The van der Waals surface area contributed by atoms with Gasteiger partial charge in [0.05, 0.1) is 6.10 Å². The Bertz CT molecular complexity index is 614. The van der Waals surface area contributed by atoms with Gasteiger partial charge in [-0.15, -0.1) is 0 Å². The second kappa shape index (κ2) is 6.32. The molecule has 2 heterocycles. The Morgan fingerprint density at radius 2 is 1.96 bits per heavy atom. The Balaban J connectivity index is 1.75. The molecule has 2 aliphatic rings. The monoisotopic (exact) mass is 316 g/mol. The number of aliphatic hydroxyl groups excluding tert-OH is 1. The van der Waals surface area contributed by atoms with Gasteiger partial charge < -0.3 is 14.9 Å². The molecule has 1 aromatic carbocycles. The molecule has 1 saturated heterocycles. The van der Waals surface area contributed by atoms with Crippen LogP contribution < -0.4 is 4.90 Å². The normalized spacial score (nSPS) is 25.2. The number of rotatable bonds is 1. The Kier molecular flexibility index (Phi) is 4.39. The standard InChI is InChI=1S/C18H24N2O3/c1-12-10-20(16-8-4-3-7-15(12)16)18(23)17(22)19-9-5-6-14(11-19)13(2)21/h3-4,7-8,12-14,21H,5-6,9-11H2,1-2H3. The lowest BCUT2D eigenvalue weighted by Gasteiger charge is -2.34. The van der Waals surface area contributed by atoms with Gasteiger partial charge in [-0.25, -0.2) is 0 Å². The maximum Gasteiger partial charge on any atom is 0.316 e. The van der Waals surface area contributed by atoms with E-state index in [9.17, 15) is 14.7 Å². The molecule has 0 saturated carbocycles. The van der Waals surface area contributed by atoms with Crippen molar-refractivity contribution in [2.45, 2.75) is 38.7 Å². The lowest BCUT2D eigenvalue weighted by atomic mass is 9.93. The van der Waals surface area contributed by atoms with Crippen LogP contribution in [0.1, 0.15) is 38.2 Å². The first-order valence-corrected chi connectivity index (χ1v) is 8.36. The number of carbonyl (C=O) groups is 2. The van der Waals surface area contributed by atoms with E-state index in [2.05, 4.69) is 6.92 Å². The van der Waals surface area contributed by atoms with E-state index < -0.39 is 17.9 Å². The predicted octanol–water partition coefficient (Wildman–Crippen LogP) is 1.76. The van der Waals surface area contributed by atoms with E-state index in [4.69, 9.17) is 0 Å². The second-order valence-electron chi connectivity index (χ2n) is 6.77. The highest BCUT2D eigenvalue weighted by Gasteiger charge is 2.36. The number of aliphatic hydroxyl groups is 1. The van der Waals surface area contributed by atoms with E-state index in [0.717, 1.165) is 24.1 Å². The van der Waals surface area contributed by atoms with Gasteiger partial charge in [0.15, 0.2) is 0 Å². The fourth-order valence-corrected chi connectivity index (χ4v) is 3.65. The Morgan fingerprint density at radius 1 is 1.22 bits per heavy atom.